The third kappa shape index (κ3) is 3.91. The van der Waals surface area contributed by atoms with E-state index in [0.29, 0.717) is 24.0 Å². The quantitative estimate of drug-likeness (QED) is 0.939. The molecule has 0 spiro atoms. The Kier molecular flexibility index (Phi) is 4.79. The highest BCUT2D eigenvalue weighted by Gasteiger charge is 2.23. The maximum absolute atomic E-state index is 12.3. The molecule has 5 nitrogen and oxygen atoms in total. The molecule has 2 aromatic rings. The summed E-state index contributed by atoms with van der Waals surface area (Å²) in [5, 5.41) is 3.02. The van der Waals surface area contributed by atoms with Crippen LogP contribution in [0.5, 0.6) is 0 Å². The Bertz CT molecular complexity index is 724. The second-order valence-corrected chi connectivity index (χ2v) is 6.59. The lowest BCUT2D eigenvalue weighted by atomic mass is 10.1. The normalized spacial score (nSPS) is 17.1. The monoisotopic (exact) mass is 324 g/mol. The molecular formula is C19H24N4O. The molecular weight excluding hydrogens is 300 g/mol. The molecule has 1 amide bonds. The van der Waals surface area contributed by atoms with Crippen LogP contribution in [-0.4, -0.2) is 35.5 Å². The molecule has 126 valence electrons. The minimum Gasteiger partial charge on any atom is -0.371 e. The van der Waals surface area contributed by atoms with E-state index in [1.54, 1.807) is 13.0 Å². The van der Waals surface area contributed by atoms with Crippen molar-refractivity contribution in [2.24, 2.45) is 5.92 Å². The Morgan fingerprint density at radius 1 is 1.25 bits per heavy atom. The minimum absolute atomic E-state index is 0.113. The molecule has 24 heavy (non-hydrogen) atoms. The molecule has 1 fully saturated rings. The number of carbonyl (C=O) groups excluding carboxylic acids is 1. The Balaban J connectivity index is 1.55. The molecule has 1 aliphatic rings. The largest absolute Gasteiger partial charge is 0.371 e. The Hall–Kier alpha value is -2.43. The Morgan fingerprint density at radius 3 is 2.83 bits per heavy atom. The van der Waals surface area contributed by atoms with E-state index in [1.807, 2.05) is 6.92 Å². The van der Waals surface area contributed by atoms with E-state index in [-0.39, 0.29) is 5.91 Å². The van der Waals surface area contributed by atoms with E-state index < -0.39 is 0 Å². The van der Waals surface area contributed by atoms with Gasteiger partial charge in [-0.25, -0.2) is 9.97 Å². The molecule has 1 aliphatic heterocycles. The van der Waals surface area contributed by atoms with Crippen molar-refractivity contribution in [2.45, 2.75) is 27.2 Å². The number of amides is 1. The third-order valence-corrected chi connectivity index (χ3v) is 4.40. The van der Waals surface area contributed by atoms with E-state index in [4.69, 9.17) is 0 Å². The molecule has 0 saturated carbocycles. The van der Waals surface area contributed by atoms with Gasteiger partial charge in [0.1, 0.15) is 11.5 Å². The molecule has 1 N–H and O–H groups in total. The average Bonchev–Trinajstić information content (AvgIpc) is 3.00. The SMILES string of the molecule is Cc1cccc(N2CCC(CNC(=O)c3cc(C)nc(C)n3)C2)c1. The van der Waals surface area contributed by atoms with Crippen molar-refractivity contribution < 1.29 is 4.79 Å². The van der Waals surface area contributed by atoms with Crippen LogP contribution in [0.1, 0.15) is 34.0 Å². The number of nitrogens with zero attached hydrogens (tertiary/aromatic N) is 3. The van der Waals surface area contributed by atoms with Crippen LogP contribution in [0.25, 0.3) is 0 Å². The van der Waals surface area contributed by atoms with Gasteiger partial charge in [-0.1, -0.05) is 12.1 Å². The second-order valence-electron chi connectivity index (χ2n) is 6.59. The van der Waals surface area contributed by atoms with Gasteiger partial charge >= 0.3 is 0 Å². The molecule has 0 aliphatic carbocycles. The molecule has 0 radical (unpaired) electrons. The molecule has 1 aromatic heterocycles. The van der Waals surface area contributed by atoms with Gasteiger partial charge in [-0.05, 0) is 56.9 Å². The van der Waals surface area contributed by atoms with Gasteiger partial charge in [-0.2, -0.15) is 0 Å². The number of nitrogens with one attached hydrogen (secondary N) is 1. The van der Waals surface area contributed by atoms with Crippen molar-refractivity contribution in [2.75, 3.05) is 24.5 Å². The van der Waals surface area contributed by atoms with E-state index >= 15 is 0 Å². The molecule has 1 aromatic carbocycles. The maximum Gasteiger partial charge on any atom is 0.270 e. The van der Waals surface area contributed by atoms with E-state index in [2.05, 4.69) is 51.4 Å². The van der Waals surface area contributed by atoms with Crippen molar-refractivity contribution >= 4 is 11.6 Å². The average molecular weight is 324 g/mol. The first-order valence-electron chi connectivity index (χ1n) is 8.43. The summed E-state index contributed by atoms with van der Waals surface area (Å²) in [6, 6.07) is 10.3. The summed E-state index contributed by atoms with van der Waals surface area (Å²) in [6.45, 7) is 8.50. The molecule has 2 heterocycles. The van der Waals surface area contributed by atoms with Crippen LogP contribution >= 0.6 is 0 Å². The summed E-state index contributed by atoms with van der Waals surface area (Å²) in [7, 11) is 0. The fourth-order valence-corrected chi connectivity index (χ4v) is 3.22. The van der Waals surface area contributed by atoms with Gasteiger partial charge in [0.05, 0.1) is 0 Å². The molecule has 3 rings (SSSR count). The summed E-state index contributed by atoms with van der Waals surface area (Å²) < 4.78 is 0. The molecule has 1 unspecified atom stereocenters. The third-order valence-electron chi connectivity index (χ3n) is 4.40. The van der Waals surface area contributed by atoms with Gasteiger partial charge in [0.15, 0.2) is 0 Å². The highest BCUT2D eigenvalue weighted by atomic mass is 16.1. The number of hydrogen-bond donors (Lipinski definition) is 1. The number of aromatic nitrogens is 2. The van der Waals surface area contributed by atoms with Crippen molar-refractivity contribution in [3.05, 3.63) is 53.1 Å². The van der Waals surface area contributed by atoms with Gasteiger partial charge in [-0.3, -0.25) is 4.79 Å². The predicted octanol–water partition coefficient (Wildman–Crippen LogP) is 2.66. The lowest BCUT2D eigenvalue weighted by Gasteiger charge is -2.19. The lowest BCUT2D eigenvalue weighted by molar-refractivity contribution is 0.0942. The fraction of sp³-hybridized carbons (Fsp3) is 0.421. The number of aryl methyl sites for hydroxylation is 3. The van der Waals surface area contributed by atoms with Gasteiger partial charge in [0.2, 0.25) is 0 Å². The summed E-state index contributed by atoms with van der Waals surface area (Å²) >= 11 is 0. The van der Waals surface area contributed by atoms with Gasteiger partial charge in [0.25, 0.3) is 5.91 Å². The van der Waals surface area contributed by atoms with Gasteiger partial charge in [0, 0.05) is 31.0 Å². The topological polar surface area (TPSA) is 58.1 Å². The lowest BCUT2D eigenvalue weighted by Crippen LogP contribution is -2.31. The van der Waals surface area contributed by atoms with Crippen LogP contribution < -0.4 is 10.2 Å². The smallest absolute Gasteiger partial charge is 0.270 e. The zero-order chi connectivity index (χ0) is 17.1. The number of hydrogen-bond acceptors (Lipinski definition) is 4. The van der Waals surface area contributed by atoms with Crippen molar-refractivity contribution in [3.8, 4) is 0 Å². The van der Waals surface area contributed by atoms with Crippen molar-refractivity contribution in [3.63, 3.8) is 0 Å². The van der Waals surface area contributed by atoms with E-state index in [1.165, 1.54) is 11.3 Å². The van der Waals surface area contributed by atoms with Crippen molar-refractivity contribution in [1.82, 2.24) is 15.3 Å². The highest BCUT2D eigenvalue weighted by molar-refractivity contribution is 5.92. The second kappa shape index (κ2) is 6.99. The Labute approximate surface area is 143 Å². The van der Waals surface area contributed by atoms with Gasteiger partial charge < -0.3 is 10.2 Å². The molecule has 1 saturated heterocycles. The number of carbonyl (C=O) groups is 1. The molecule has 0 bridgehead atoms. The van der Waals surface area contributed by atoms with Gasteiger partial charge in [-0.15, -0.1) is 0 Å². The summed E-state index contributed by atoms with van der Waals surface area (Å²) in [6.07, 6.45) is 1.09. The molecule has 5 heteroatoms. The van der Waals surface area contributed by atoms with E-state index in [0.717, 1.165) is 25.2 Å². The number of rotatable bonds is 4. The van der Waals surface area contributed by atoms with Crippen LogP contribution in [0, 0.1) is 26.7 Å². The first-order chi connectivity index (χ1) is 11.5. The minimum atomic E-state index is -0.113. The van der Waals surface area contributed by atoms with E-state index in [9.17, 15) is 4.79 Å². The summed E-state index contributed by atoms with van der Waals surface area (Å²) in [5.41, 5.74) is 3.82. The standard InChI is InChI=1S/C19H24N4O/c1-13-5-4-6-17(9-13)23-8-7-16(12-23)11-20-19(24)18-10-14(2)21-15(3)22-18/h4-6,9-10,16H,7-8,11-12H2,1-3H3,(H,20,24). The van der Waals surface area contributed by atoms with Crippen LogP contribution in [0.15, 0.2) is 30.3 Å². The maximum atomic E-state index is 12.3. The number of anilines is 1. The summed E-state index contributed by atoms with van der Waals surface area (Å²) in [4.78, 5) is 23.1. The van der Waals surface area contributed by atoms with Crippen LogP contribution in [0.4, 0.5) is 5.69 Å². The highest BCUT2D eigenvalue weighted by Crippen LogP contribution is 2.24. The summed E-state index contributed by atoms with van der Waals surface area (Å²) in [5.74, 6) is 0.989. The van der Waals surface area contributed by atoms with Crippen LogP contribution in [0.3, 0.4) is 0 Å². The number of benzene rings is 1. The van der Waals surface area contributed by atoms with Crippen LogP contribution in [0.2, 0.25) is 0 Å². The fourth-order valence-electron chi connectivity index (χ4n) is 3.22. The zero-order valence-electron chi connectivity index (χ0n) is 14.5. The zero-order valence-corrected chi connectivity index (χ0v) is 14.5. The Morgan fingerprint density at radius 2 is 2.08 bits per heavy atom. The first-order valence-corrected chi connectivity index (χ1v) is 8.43. The predicted molar refractivity (Wildman–Crippen MR) is 95.3 cm³/mol. The molecule has 1 atom stereocenters. The van der Waals surface area contributed by atoms with Crippen LogP contribution in [-0.2, 0) is 0 Å². The van der Waals surface area contributed by atoms with Crippen molar-refractivity contribution in [1.29, 1.82) is 0 Å². The first kappa shape index (κ1) is 16.4.